The third-order valence-corrected chi connectivity index (χ3v) is 9.90. The standard InChI is InChI=1S/C23H34N4O6.C8H9NO.C7H6F2.C3H8N2O/c1-14-13-19(28)25-11-5-8-17(25)22(31)26-10-4-3-7-16(26)20(29)24-15(2)21(30)27-12-6-9-18(27)23(32)33-14;1-7-2-4-8(5-3-7)9-6-10;1-5-2-6(8)4-7(9)3-5;1-5-2-3(4)6/h14-18H,3-13H2,1-2H3,(H,24,29);2-6H,1H3,(H,9,10);2-4H,1H3;5H,2H2,1H3,(H2,4,6). The van der Waals surface area contributed by atoms with E-state index in [1.165, 1.54) is 22.6 Å². The van der Waals surface area contributed by atoms with Crippen molar-refractivity contribution in [1.82, 2.24) is 25.3 Å². The van der Waals surface area contributed by atoms with Gasteiger partial charge in [-0.15, -0.1) is 0 Å². The third kappa shape index (κ3) is 14.2. The number of carbonyl (C=O) groups is 7. The van der Waals surface area contributed by atoms with Crippen molar-refractivity contribution in [3.63, 3.8) is 0 Å². The number of carbonyl (C=O) groups excluding carboxylic acids is 7. The Bertz CT molecular complexity index is 1700. The summed E-state index contributed by atoms with van der Waals surface area (Å²) in [5, 5.41) is 7.93. The number of cyclic esters (lactones) is 1. The van der Waals surface area contributed by atoms with E-state index in [1.807, 2.05) is 31.2 Å². The quantitative estimate of drug-likeness (QED) is 0.265. The Kier molecular flexibility index (Phi) is 18.7. The number of nitrogens with one attached hydrogen (secondary N) is 3. The molecule has 5 atom stereocenters. The smallest absolute Gasteiger partial charge is 0.329 e. The van der Waals surface area contributed by atoms with Gasteiger partial charge in [0.1, 0.15) is 41.9 Å². The lowest BCUT2D eigenvalue weighted by atomic mass is 9.99. The highest BCUT2D eigenvalue weighted by atomic mass is 19.1. The van der Waals surface area contributed by atoms with Crippen molar-refractivity contribution in [2.45, 2.75) is 109 Å². The van der Waals surface area contributed by atoms with Crippen LogP contribution in [0, 0.1) is 25.5 Å². The zero-order valence-electron chi connectivity index (χ0n) is 33.9. The number of benzene rings is 2. The van der Waals surface area contributed by atoms with Gasteiger partial charge in [-0.3, -0.25) is 28.8 Å². The molecule has 0 aromatic heterocycles. The minimum Gasteiger partial charge on any atom is -0.461 e. The summed E-state index contributed by atoms with van der Waals surface area (Å²) in [5.74, 6) is -3.04. The molecule has 4 fully saturated rings. The molecule has 4 heterocycles. The maximum absolute atomic E-state index is 13.5. The van der Waals surface area contributed by atoms with E-state index in [1.54, 1.807) is 37.6 Å². The van der Waals surface area contributed by atoms with Crippen molar-refractivity contribution in [3.8, 4) is 0 Å². The van der Waals surface area contributed by atoms with Crippen molar-refractivity contribution >= 4 is 47.6 Å². The summed E-state index contributed by atoms with van der Waals surface area (Å²) in [6, 6.07) is 8.25. The normalized spacial score (nSPS) is 23.5. The summed E-state index contributed by atoms with van der Waals surface area (Å²) >= 11 is 0. The van der Waals surface area contributed by atoms with Crippen LogP contribution in [0.4, 0.5) is 14.5 Å². The Morgan fingerprint density at radius 3 is 1.95 bits per heavy atom. The van der Waals surface area contributed by atoms with E-state index in [-0.39, 0.29) is 42.5 Å². The van der Waals surface area contributed by atoms with Crippen molar-refractivity contribution < 1.29 is 47.1 Å². The number of halogens is 2. The molecule has 58 heavy (non-hydrogen) atoms. The zero-order valence-corrected chi connectivity index (χ0v) is 33.9. The summed E-state index contributed by atoms with van der Waals surface area (Å²) in [5.41, 5.74) is 7.33. The highest BCUT2D eigenvalue weighted by Crippen LogP contribution is 2.27. The van der Waals surface area contributed by atoms with Crippen LogP contribution in [0.1, 0.15) is 76.3 Å². The van der Waals surface area contributed by atoms with Crippen LogP contribution in [-0.2, 0) is 38.3 Å². The second-order valence-electron chi connectivity index (χ2n) is 14.7. The molecule has 15 nitrogen and oxygen atoms in total. The van der Waals surface area contributed by atoms with Crippen molar-refractivity contribution in [3.05, 3.63) is 65.2 Å². The minimum absolute atomic E-state index is 0.0174. The summed E-state index contributed by atoms with van der Waals surface area (Å²) in [4.78, 5) is 89.9. The maximum Gasteiger partial charge on any atom is 0.329 e. The summed E-state index contributed by atoms with van der Waals surface area (Å²) in [7, 11) is 1.67. The van der Waals surface area contributed by atoms with Gasteiger partial charge in [-0.1, -0.05) is 17.7 Å². The lowest BCUT2D eigenvalue weighted by molar-refractivity contribution is -0.160. The van der Waals surface area contributed by atoms with Gasteiger partial charge in [0.05, 0.1) is 13.0 Å². The first-order valence-electron chi connectivity index (χ1n) is 19.6. The lowest BCUT2D eigenvalue weighted by Gasteiger charge is -2.38. The van der Waals surface area contributed by atoms with Crippen LogP contribution in [-0.4, -0.2) is 120 Å². The van der Waals surface area contributed by atoms with Gasteiger partial charge in [0, 0.05) is 31.4 Å². The molecule has 0 bridgehead atoms. The first-order chi connectivity index (χ1) is 27.6. The van der Waals surface area contributed by atoms with Crippen LogP contribution in [0.2, 0.25) is 0 Å². The summed E-state index contributed by atoms with van der Waals surface area (Å²) in [6.45, 7) is 8.53. The monoisotopic (exact) mass is 813 g/mol. The molecular weight excluding hydrogens is 756 g/mol. The average Bonchev–Trinajstić information content (AvgIpc) is 3.86. The molecule has 5 N–H and O–H groups in total. The van der Waals surface area contributed by atoms with Crippen LogP contribution < -0.4 is 21.7 Å². The van der Waals surface area contributed by atoms with Crippen LogP contribution in [0.5, 0.6) is 0 Å². The molecule has 318 valence electrons. The molecule has 2 aromatic carbocycles. The van der Waals surface area contributed by atoms with E-state index < -0.39 is 47.9 Å². The highest BCUT2D eigenvalue weighted by Gasteiger charge is 2.43. The predicted molar refractivity (Wildman–Crippen MR) is 212 cm³/mol. The molecule has 4 aliphatic rings. The van der Waals surface area contributed by atoms with E-state index in [9.17, 15) is 42.3 Å². The average molecular weight is 814 g/mol. The molecule has 0 radical (unpaired) electrons. The molecule has 4 saturated heterocycles. The molecule has 0 aliphatic carbocycles. The van der Waals surface area contributed by atoms with Crippen LogP contribution >= 0.6 is 0 Å². The zero-order chi connectivity index (χ0) is 42.9. The number of amides is 6. The van der Waals surface area contributed by atoms with Gasteiger partial charge < -0.3 is 41.1 Å². The molecule has 17 heteroatoms. The van der Waals surface area contributed by atoms with Gasteiger partial charge in [0.2, 0.25) is 35.9 Å². The number of likely N-dealkylation sites (N-methyl/N-ethyl adjacent to an activating group) is 1. The van der Waals surface area contributed by atoms with Crippen LogP contribution in [0.3, 0.4) is 0 Å². The second-order valence-corrected chi connectivity index (χ2v) is 14.7. The first-order valence-corrected chi connectivity index (χ1v) is 19.6. The van der Waals surface area contributed by atoms with E-state index in [4.69, 9.17) is 10.5 Å². The minimum atomic E-state index is -0.820. The molecule has 0 spiro atoms. The lowest BCUT2D eigenvalue weighted by Crippen LogP contribution is -2.59. The summed E-state index contributed by atoms with van der Waals surface area (Å²) in [6.07, 6.45) is 4.55. The summed E-state index contributed by atoms with van der Waals surface area (Å²) < 4.78 is 29.9. The fraction of sp³-hybridized carbons (Fsp3) is 0.537. The number of ether oxygens (including phenoxy) is 1. The number of rotatable bonds is 4. The second kappa shape index (κ2) is 23.1. The van der Waals surface area contributed by atoms with Gasteiger partial charge in [0.25, 0.3) is 0 Å². The molecular formula is C41H57F2N7O8. The van der Waals surface area contributed by atoms with Gasteiger partial charge in [-0.05, 0) is 110 Å². The molecule has 4 aliphatic heterocycles. The molecule has 6 rings (SSSR count). The molecule has 0 saturated carbocycles. The number of esters is 1. The predicted octanol–water partition coefficient (Wildman–Crippen LogP) is 2.72. The van der Waals surface area contributed by atoms with Crippen LogP contribution in [0.15, 0.2) is 42.5 Å². The number of piperidine rings is 1. The Morgan fingerprint density at radius 1 is 0.810 bits per heavy atom. The highest BCUT2D eigenvalue weighted by molar-refractivity contribution is 5.95. The number of nitrogens with two attached hydrogens (primary N) is 1. The van der Waals surface area contributed by atoms with Crippen LogP contribution in [0.25, 0.3) is 0 Å². The van der Waals surface area contributed by atoms with Crippen molar-refractivity contribution in [2.24, 2.45) is 5.73 Å². The van der Waals surface area contributed by atoms with Gasteiger partial charge >= 0.3 is 5.97 Å². The largest absolute Gasteiger partial charge is 0.461 e. The van der Waals surface area contributed by atoms with E-state index in [0.717, 1.165) is 24.6 Å². The topological polar surface area (TPSA) is 201 Å². The van der Waals surface area contributed by atoms with Crippen molar-refractivity contribution in [2.75, 3.05) is 38.5 Å². The van der Waals surface area contributed by atoms with Gasteiger partial charge in [0.15, 0.2) is 0 Å². The maximum atomic E-state index is 13.5. The van der Waals surface area contributed by atoms with E-state index >= 15 is 0 Å². The number of hydrogen-bond donors (Lipinski definition) is 4. The number of anilines is 1. The third-order valence-electron chi connectivity index (χ3n) is 9.90. The SMILES string of the molecule is CC1CC(=O)N2CCCC2C(=O)N2CCCCC2C(=O)NC(C)C(=O)N2CCCC2C(=O)O1.CNCC(N)=O.Cc1cc(F)cc(F)c1.Cc1ccc(NC=O)cc1. The van der Waals surface area contributed by atoms with Gasteiger partial charge in [-0.25, -0.2) is 13.6 Å². The van der Waals surface area contributed by atoms with E-state index in [0.29, 0.717) is 63.7 Å². The number of hydrogen-bond acceptors (Lipinski definition) is 9. The molecule has 5 unspecified atom stereocenters. The number of primary amides is 1. The number of nitrogens with zero attached hydrogens (tertiary/aromatic N) is 3. The molecule has 6 amide bonds. The molecule has 2 aromatic rings. The van der Waals surface area contributed by atoms with Crippen molar-refractivity contribution in [1.29, 1.82) is 0 Å². The number of aryl methyl sites for hydroxylation is 2. The van der Waals surface area contributed by atoms with Gasteiger partial charge in [-0.2, -0.15) is 0 Å². The first kappa shape index (κ1) is 46.9. The fourth-order valence-corrected chi connectivity index (χ4v) is 7.14. The number of fused-ring (bicyclic) bond motifs is 3. The Hall–Kier alpha value is -5.45. The van der Waals surface area contributed by atoms with E-state index in [2.05, 4.69) is 16.0 Å². The Balaban J connectivity index is 0.000000289. The Labute approximate surface area is 338 Å². The Morgan fingerprint density at radius 2 is 1.38 bits per heavy atom. The fourth-order valence-electron chi connectivity index (χ4n) is 7.14.